The van der Waals surface area contributed by atoms with Crippen LogP contribution in [0, 0.1) is 20.8 Å². The summed E-state index contributed by atoms with van der Waals surface area (Å²) in [5.41, 5.74) is 4.31. The fourth-order valence-electron chi connectivity index (χ4n) is 3.72. The van der Waals surface area contributed by atoms with Gasteiger partial charge in [0.05, 0.1) is 12.0 Å². The minimum absolute atomic E-state index is 0.277. The minimum Gasteiger partial charge on any atom is -0.497 e. The van der Waals surface area contributed by atoms with Gasteiger partial charge >= 0.3 is 0 Å². The van der Waals surface area contributed by atoms with E-state index in [1.54, 1.807) is 43.6 Å². The van der Waals surface area contributed by atoms with Gasteiger partial charge in [0, 0.05) is 23.3 Å². The molecule has 1 aromatic carbocycles. The predicted octanol–water partition coefficient (Wildman–Crippen LogP) is 4.48. The number of carbonyl (C=O) groups is 3. The molecule has 2 aromatic heterocycles. The molecule has 4 rings (SSSR count). The van der Waals surface area contributed by atoms with E-state index in [4.69, 9.17) is 4.74 Å². The van der Waals surface area contributed by atoms with E-state index in [1.807, 2.05) is 43.5 Å². The molecule has 0 spiro atoms. The standard InChI is InChI=1S/C25H24N4O4S/c1-15-9-10-26-22(11-15)29-16(2)12-18(17(29)3)13-21-24(31)28(25(32)34-21)14-23(30)27-19-5-7-20(33-4)8-6-19/h5-13H,14H2,1-4H3,(H,27,30)/b21-13+. The van der Waals surface area contributed by atoms with Crippen LogP contribution in [-0.4, -0.2) is 45.2 Å². The van der Waals surface area contributed by atoms with Crippen LogP contribution in [0.15, 0.2) is 53.6 Å². The molecule has 0 unspecified atom stereocenters. The highest BCUT2D eigenvalue weighted by Gasteiger charge is 2.36. The topological polar surface area (TPSA) is 93.5 Å². The zero-order chi connectivity index (χ0) is 24.4. The molecule has 34 heavy (non-hydrogen) atoms. The van der Waals surface area contributed by atoms with E-state index in [2.05, 4.69) is 10.3 Å². The number of hydrogen-bond acceptors (Lipinski definition) is 6. The van der Waals surface area contributed by atoms with Crippen molar-refractivity contribution in [2.24, 2.45) is 0 Å². The van der Waals surface area contributed by atoms with E-state index in [1.165, 1.54) is 0 Å². The summed E-state index contributed by atoms with van der Waals surface area (Å²) in [6, 6.07) is 12.6. The average molecular weight is 477 g/mol. The van der Waals surface area contributed by atoms with E-state index in [0.29, 0.717) is 11.4 Å². The van der Waals surface area contributed by atoms with Crippen LogP contribution in [0.25, 0.3) is 11.9 Å². The molecule has 8 nitrogen and oxygen atoms in total. The van der Waals surface area contributed by atoms with Crippen molar-refractivity contribution in [3.63, 3.8) is 0 Å². The van der Waals surface area contributed by atoms with Crippen molar-refractivity contribution in [2.75, 3.05) is 19.0 Å². The number of aromatic nitrogens is 2. The molecule has 1 saturated heterocycles. The average Bonchev–Trinajstić information content (AvgIpc) is 3.23. The lowest BCUT2D eigenvalue weighted by Crippen LogP contribution is -2.36. The van der Waals surface area contributed by atoms with Crippen LogP contribution in [0.2, 0.25) is 0 Å². The van der Waals surface area contributed by atoms with Crippen LogP contribution in [0.3, 0.4) is 0 Å². The molecule has 0 bridgehead atoms. The summed E-state index contributed by atoms with van der Waals surface area (Å²) in [6.07, 6.45) is 3.45. The maximum Gasteiger partial charge on any atom is 0.294 e. The Morgan fingerprint density at radius 3 is 2.53 bits per heavy atom. The summed E-state index contributed by atoms with van der Waals surface area (Å²) >= 11 is 0.829. The van der Waals surface area contributed by atoms with Gasteiger partial charge in [-0.25, -0.2) is 4.98 Å². The fraction of sp³-hybridized carbons (Fsp3) is 0.200. The second kappa shape index (κ2) is 9.56. The number of benzene rings is 1. The SMILES string of the molecule is COc1ccc(NC(=O)CN2C(=O)S/C(=C/c3cc(C)n(-c4cc(C)ccn4)c3C)C2=O)cc1. The Hall–Kier alpha value is -3.85. The zero-order valence-corrected chi connectivity index (χ0v) is 20.1. The van der Waals surface area contributed by atoms with Gasteiger partial charge in [-0.15, -0.1) is 0 Å². The molecule has 3 heterocycles. The summed E-state index contributed by atoms with van der Waals surface area (Å²) in [4.78, 5) is 43.5. The van der Waals surface area contributed by atoms with Crippen molar-refractivity contribution < 1.29 is 19.1 Å². The molecule has 3 aromatic rings. The summed E-state index contributed by atoms with van der Waals surface area (Å²) in [7, 11) is 1.55. The molecular formula is C25H24N4O4S. The van der Waals surface area contributed by atoms with Crippen molar-refractivity contribution >= 4 is 40.6 Å². The Kier molecular flexibility index (Phi) is 6.56. The first kappa shape index (κ1) is 23.3. The van der Waals surface area contributed by atoms with Gasteiger partial charge in [0.15, 0.2) is 0 Å². The maximum atomic E-state index is 12.9. The number of aryl methyl sites for hydroxylation is 2. The van der Waals surface area contributed by atoms with Gasteiger partial charge < -0.3 is 14.6 Å². The molecule has 0 saturated carbocycles. The molecule has 0 aliphatic carbocycles. The first-order valence-corrected chi connectivity index (χ1v) is 11.4. The second-order valence-corrected chi connectivity index (χ2v) is 8.89. The van der Waals surface area contributed by atoms with Crippen LogP contribution >= 0.6 is 11.8 Å². The van der Waals surface area contributed by atoms with Gasteiger partial charge in [-0.1, -0.05) is 0 Å². The number of anilines is 1. The normalized spacial score (nSPS) is 14.7. The number of hydrogen-bond donors (Lipinski definition) is 1. The van der Waals surface area contributed by atoms with Crippen LogP contribution in [0.1, 0.15) is 22.5 Å². The second-order valence-electron chi connectivity index (χ2n) is 7.90. The Labute approximate surface area is 201 Å². The van der Waals surface area contributed by atoms with Crippen LogP contribution in [0.5, 0.6) is 5.75 Å². The predicted molar refractivity (Wildman–Crippen MR) is 132 cm³/mol. The van der Waals surface area contributed by atoms with Crippen molar-refractivity contribution in [3.05, 3.63) is 76.1 Å². The summed E-state index contributed by atoms with van der Waals surface area (Å²) < 4.78 is 7.10. The molecule has 1 aliphatic heterocycles. The highest BCUT2D eigenvalue weighted by atomic mass is 32.2. The number of pyridine rings is 1. The van der Waals surface area contributed by atoms with Crippen molar-refractivity contribution in [1.29, 1.82) is 0 Å². The maximum absolute atomic E-state index is 12.9. The first-order valence-electron chi connectivity index (χ1n) is 10.6. The lowest BCUT2D eigenvalue weighted by Gasteiger charge is -2.12. The van der Waals surface area contributed by atoms with Crippen LogP contribution in [0.4, 0.5) is 10.5 Å². The number of carbonyl (C=O) groups excluding carboxylic acids is 3. The quantitative estimate of drug-likeness (QED) is 0.527. The van der Waals surface area contributed by atoms with Crippen LogP contribution in [-0.2, 0) is 9.59 Å². The highest BCUT2D eigenvalue weighted by Crippen LogP contribution is 2.33. The van der Waals surface area contributed by atoms with Gasteiger partial charge in [-0.05, 0) is 92.2 Å². The molecule has 1 aliphatic rings. The summed E-state index contributed by atoms with van der Waals surface area (Å²) in [6.45, 7) is 5.54. The molecule has 3 amide bonds. The monoisotopic (exact) mass is 476 g/mol. The number of thioether (sulfide) groups is 1. The number of ether oxygens (including phenoxy) is 1. The third kappa shape index (κ3) is 4.74. The molecule has 174 valence electrons. The minimum atomic E-state index is -0.488. The van der Waals surface area contributed by atoms with E-state index < -0.39 is 17.1 Å². The van der Waals surface area contributed by atoms with E-state index >= 15 is 0 Å². The van der Waals surface area contributed by atoms with Gasteiger partial charge in [-0.2, -0.15) is 0 Å². The Balaban J connectivity index is 1.50. The van der Waals surface area contributed by atoms with Gasteiger partial charge in [-0.3, -0.25) is 19.3 Å². The Morgan fingerprint density at radius 2 is 1.85 bits per heavy atom. The number of nitrogens with one attached hydrogen (secondary N) is 1. The van der Waals surface area contributed by atoms with Crippen molar-refractivity contribution in [3.8, 4) is 11.6 Å². The fourth-order valence-corrected chi connectivity index (χ4v) is 4.55. The number of nitrogens with zero attached hydrogens (tertiary/aromatic N) is 3. The van der Waals surface area contributed by atoms with Gasteiger partial charge in [0.25, 0.3) is 11.1 Å². The number of imide groups is 1. The smallest absolute Gasteiger partial charge is 0.294 e. The molecule has 0 atom stereocenters. The van der Waals surface area contributed by atoms with Crippen molar-refractivity contribution in [2.45, 2.75) is 20.8 Å². The third-order valence-electron chi connectivity index (χ3n) is 5.44. The molecule has 9 heteroatoms. The lowest BCUT2D eigenvalue weighted by atomic mass is 10.2. The van der Waals surface area contributed by atoms with E-state index in [0.717, 1.165) is 45.0 Å². The summed E-state index contributed by atoms with van der Waals surface area (Å²) in [5.74, 6) is 0.500. The van der Waals surface area contributed by atoms with Crippen molar-refractivity contribution in [1.82, 2.24) is 14.5 Å². The summed E-state index contributed by atoms with van der Waals surface area (Å²) in [5, 5.41) is 2.21. The molecular weight excluding hydrogens is 452 g/mol. The zero-order valence-electron chi connectivity index (χ0n) is 19.3. The first-order chi connectivity index (χ1) is 16.3. The number of methoxy groups -OCH3 is 1. The lowest BCUT2D eigenvalue weighted by molar-refractivity contribution is -0.127. The number of rotatable bonds is 6. The molecule has 1 fully saturated rings. The largest absolute Gasteiger partial charge is 0.497 e. The molecule has 1 N–H and O–H groups in total. The van der Waals surface area contributed by atoms with E-state index in [9.17, 15) is 14.4 Å². The third-order valence-corrected chi connectivity index (χ3v) is 6.34. The van der Waals surface area contributed by atoms with Gasteiger partial charge in [0.1, 0.15) is 18.1 Å². The van der Waals surface area contributed by atoms with Gasteiger partial charge in [0.2, 0.25) is 5.91 Å². The Morgan fingerprint density at radius 1 is 1.12 bits per heavy atom. The Bertz CT molecular complexity index is 1310. The van der Waals surface area contributed by atoms with E-state index in [-0.39, 0.29) is 11.4 Å². The van der Waals surface area contributed by atoms with Crippen LogP contribution < -0.4 is 10.1 Å². The highest BCUT2D eigenvalue weighted by molar-refractivity contribution is 8.18. The number of amides is 3. The molecule has 0 radical (unpaired) electrons.